The number of nitrogens with zero attached hydrogens (tertiary/aromatic N) is 1. The Hall–Kier alpha value is -1.06. The third kappa shape index (κ3) is 2.52. The summed E-state index contributed by atoms with van der Waals surface area (Å²) in [6.07, 6.45) is 2.03. The van der Waals surface area contributed by atoms with Gasteiger partial charge in [0.25, 0.3) is 5.91 Å². The Morgan fingerprint density at radius 3 is 2.94 bits per heavy atom. The van der Waals surface area contributed by atoms with E-state index in [4.69, 9.17) is 11.6 Å². The molecule has 4 heteroatoms. The van der Waals surface area contributed by atoms with Gasteiger partial charge < -0.3 is 10.0 Å². The van der Waals surface area contributed by atoms with Crippen molar-refractivity contribution in [2.45, 2.75) is 38.3 Å². The molecule has 1 fully saturated rings. The van der Waals surface area contributed by atoms with E-state index >= 15 is 0 Å². The van der Waals surface area contributed by atoms with E-state index in [0.29, 0.717) is 23.6 Å². The van der Waals surface area contributed by atoms with Crippen LogP contribution in [0.15, 0.2) is 24.3 Å². The molecule has 2 rings (SSSR count). The maximum absolute atomic E-state index is 12.4. The van der Waals surface area contributed by atoms with Crippen molar-refractivity contribution in [2.24, 2.45) is 0 Å². The predicted molar refractivity (Wildman–Crippen MR) is 71.8 cm³/mol. The van der Waals surface area contributed by atoms with Gasteiger partial charge in [0.2, 0.25) is 0 Å². The average Bonchev–Trinajstić information content (AvgIpc) is 2.86. The fourth-order valence-corrected chi connectivity index (χ4v) is 2.72. The zero-order valence-corrected chi connectivity index (χ0v) is 11.2. The predicted octanol–water partition coefficient (Wildman–Crippen LogP) is 2.72. The Balaban J connectivity index is 2.21. The van der Waals surface area contributed by atoms with Crippen LogP contribution >= 0.6 is 11.6 Å². The van der Waals surface area contributed by atoms with Crippen LogP contribution in [-0.4, -0.2) is 34.6 Å². The molecule has 1 unspecified atom stereocenters. The van der Waals surface area contributed by atoms with Crippen LogP contribution < -0.4 is 0 Å². The molecule has 1 heterocycles. The van der Waals surface area contributed by atoms with Gasteiger partial charge in [-0.3, -0.25) is 4.79 Å². The van der Waals surface area contributed by atoms with Gasteiger partial charge in [-0.1, -0.05) is 30.7 Å². The Bertz CT molecular complexity index is 436. The minimum atomic E-state index is -0.445. The highest BCUT2D eigenvalue weighted by atomic mass is 35.5. The number of hydrogen-bond acceptors (Lipinski definition) is 2. The number of carbonyl (C=O) groups is 1. The van der Waals surface area contributed by atoms with Crippen molar-refractivity contribution in [1.29, 1.82) is 0 Å². The summed E-state index contributed by atoms with van der Waals surface area (Å²) < 4.78 is 0. The number of likely N-dealkylation sites (tertiary alicyclic amines) is 1. The molecule has 2 atom stereocenters. The molecule has 18 heavy (non-hydrogen) atoms. The lowest BCUT2D eigenvalue weighted by atomic mass is 10.1. The van der Waals surface area contributed by atoms with E-state index in [1.165, 1.54) is 0 Å². The number of hydrogen-bond donors (Lipinski definition) is 1. The van der Waals surface area contributed by atoms with E-state index in [2.05, 4.69) is 0 Å². The molecule has 0 aliphatic carbocycles. The maximum atomic E-state index is 12.4. The lowest BCUT2D eigenvalue weighted by Crippen LogP contribution is -2.42. The van der Waals surface area contributed by atoms with Crippen LogP contribution in [-0.2, 0) is 0 Å². The second kappa shape index (κ2) is 5.72. The van der Waals surface area contributed by atoms with Crippen LogP contribution in [0.3, 0.4) is 0 Å². The smallest absolute Gasteiger partial charge is 0.255 e. The maximum Gasteiger partial charge on any atom is 0.255 e. The van der Waals surface area contributed by atoms with Crippen LogP contribution in [0.5, 0.6) is 0 Å². The van der Waals surface area contributed by atoms with Crippen LogP contribution in [0.25, 0.3) is 0 Å². The number of benzene rings is 1. The zero-order chi connectivity index (χ0) is 13.1. The molecule has 1 aromatic carbocycles. The first-order chi connectivity index (χ1) is 8.65. The van der Waals surface area contributed by atoms with Crippen molar-refractivity contribution in [2.75, 3.05) is 6.54 Å². The van der Waals surface area contributed by atoms with Gasteiger partial charge >= 0.3 is 0 Å². The minimum Gasteiger partial charge on any atom is -0.391 e. The molecule has 1 N–H and O–H groups in total. The third-order valence-electron chi connectivity index (χ3n) is 3.53. The summed E-state index contributed by atoms with van der Waals surface area (Å²) in [4.78, 5) is 14.2. The van der Waals surface area contributed by atoms with Crippen LogP contribution in [0.2, 0.25) is 5.02 Å². The van der Waals surface area contributed by atoms with Gasteiger partial charge in [-0.05, 0) is 31.4 Å². The normalized spacial score (nSPS) is 21.1. The summed E-state index contributed by atoms with van der Waals surface area (Å²) in [6.45, 7) is 2.63. The fourth-order valence-electron chi connectivity index (χ4n) is 2.51. The molecule has 1 amide bonds. The minimum absolute atomic E-state index is 0.0706. The first-order valence-corrected chi connectivity index (χ1v) is 6.76. The molecule has 98 valence electrons. The first-order valence-electron chi connectivity index (χ1n) is 6.38. The summed E-state index contributed by atoms with van der Waals surface area (Å²) >= 11 is 6.05. The molecule has 0 saturated carbocycles. The molecule has 1 aliphatic heterocycles. The lowest BCUT2D eigenvalue weighted by Gasteiger charge is -2.28. The molecular formula is C14H18ClNO2. The molecular weight excluding hydrogens is 250 g/mol. The molecule has 0 spiro atoms. The van der Waals surface area contributed by atoms with Gasteiger partial charge in [-0.15, -0.1) is 0 Å². The number of carbonyl (C=O) groups excluding carboxylic acids is 1. The van der Waals surface area contributed by atoms with E-state index in [1.54, 1.807) is 23.1 Å². The van der Waals surface area contributed by atoms with Gasteiger partial charge in [-0.25, -0.2) is 0 Å². The van der Waals surface area contributed by atoms with Crippen molar-refractivity contribution in [3.05, 3.63) is 34.9 Å². The second-order valence-electron chi connectivity index (χ2n) is 4.66. The summed E-state index contributed by atoms with van der Waals surface area (Å²) in [6, 6.07) is 7.00. The Kier molecular flexibility index (Phi) is 4.25. The van der Waals surface area contributed by atoms with Crippen LogP contribution in [0.1, 0.15) is 36.5 Å². The Morgan fingerprint density at radius 1 is 1.56 bits per heavy atom. The summed E-state index contributed by atoms with van der Waals surface area (Å²) in [5.74, 6) is -0.0735. The van der Waals surface area contributed by atoms with Crippen molar-refractivity contribution < 1.29 is 9.90 Å². The van der Waals surface area contributed by atoms with E-state index in [-0.39, 0.29) is 11.9 Å². The van der Waals surface area contributed by atoms with Gasteiger partial charge in [0.1, 0.15) is 0 Å². The standard InChI is InChI=1S/C14H18ClNO2/c1-2-13(17)12-8-5-9-16(12)14(18)10-6-3-4-7-11(10)15/h3-4,6-7,12-13,17H,2,5,8-9H2,1H3/t12-,13?/m0/s1. The van der Waals surface area contributed by atoms with E-state index in [9.17, 15) is 9.90 Å². The number of amides is 1. The molecule has 1 aromatic rings. The Labute approximate surface area is 112 Å². The van der Waals surface area contributed by atoms with E-state index < -0.39 is 6.10 Å². The molecule has 1 aliphatic rings. The van der Waals surface area contributed by atoms with Gasteiger partial charge in [0.15, 0.2) is 0 Å². The largest absolute Gasteiger partial charge is 0.391 e. The highest BCUT2D eigenvalue weighted by Gasteiger charge is 2.33. The van der Waals surface area contributed by atoms with E-state index in [0.717, 1.165) is 12.8 Å². The number of aliphatic hydroxyl groups excluding tert-OH is 1. The molecule has 0 aromatic heterocycles. The van der Waals surface area contributed by atoms with Gasteiger partial charge in [-0.2, -0.15) is 0 Å². The van der Waals surface area contributed by atoms with Crippen molar-refractivity contribution in [3.63, 3.8) is 0 Å². The molecule has 1 saturated heterocycles. The van der Waals surface area contributed by atoms with Crippen LogP contribution in [0.4, 0.5) is 0 Å². The number of halogens is 1. The topological polar surface area (TPSA) is 40.5 Å². The monoisotopic (exact) mass is 267 g/mol. The fraction of sp³-hybridized carbons (Fsp3) is 0.500. The molecule has 3 nitrogen and oxygen atoms in total. The number of rotatable bonds is 3. The van der Waals surface area contributed by atoms with E-state index in [1.807, 2.05) is 13.0 Å². The van der Waals surface area contributed by atoms with Crippen LogP contribution in [0, 0.1) is 0 Å². The lowest BCUT2D eigenvalue weighted by molar-refractivity contribution is 0.0479. The highest BCUT2D eigenvalue weighted by Crippen LogP contribution is 2.26. The summed E-state index contributed by atoms with van der Waals surface area (Å²) in [7, 11) is 0. The highest BCUT2D eigenvalue weighted by molar-refractivity contribution is 6.33. The van der Waals surface area contributed by atoms with Crippen molar-refractivity contribution >= 4 is 17.5 Å². The molecule has 0 bridgehead atoms. The Morgan fingerprint density at radius 2 is 2.28 bits per heavy atom. The average molecular weight is 268 g/mol. The van der Waals surface area contributed by atoms with Gasteiger partial charge in [0, 0.05) is 6.54 Å². The summed E-state index contributed by atoms with van der Waals surface area (Å²) in [5.41, 5.74) is 0.523. The summed E-state index contributed by atoms with van der Waals surface area (Å²) in [5, 5.41) is 10.4. The van der Waals surface area contributed by atoms with Crippen molar-refractivity contribution in [3.8, 4) is 0 Å². The SMILES string of the molecule is CCC(O)[C@@H]1CCCN1C(=O)c1ccccc1Cl. The van der Waals surface area contributed by atoms with Crippen molar-refractivity contribution in [1.82, 2.24) is 4.90 Å². The quantitative estimate of drug-likeness (QED) is 0.915. The number of aliphatic hydroxyl groups is 1. The molecule has 0 radical (unpaired) electrons. The second-order valence-corrected chi connectivity index (χ2v) is 5.07. The van der Waals surface area contributed by atoms with Gasteiger partial charge in [0.05, 0.1) is 22.7 Å². The third-order valence-corrected chi connectivity index (χ3v) is 3.86. The zero-order valence-electron chi connectivity index (χ0n) is 10.5. The first kappa shape index (κ1) is 13.4.